The van der Waals surface area contributed by atoms with E-state index in [9.17, 15) is 0 Å². The Labute approximate surface area is 115 Å². The minimum atomic E-state index is -0.307. The summed E-state index contributed by atoms with van der Waals surface area (Å²) in [5.74, 6) is 0. The first-order valence-electron chi connectivity index (χ1n) is 5.04. The van der Waals surface area contributed by atoms with E-state index in [2.05, 4.69) is 0 Å². The molecule has 0 bridgehead atoms. The van der Waals surface area contributed by atoms with Crippen molar-refractivity contribution in [2.24, 2.45) is 5.73 Å². The van der Waals surface area contributed by atoms with Gasteiger partial charge in [-0.1, -0.05) is 46.9 Å². The Morgan fingerprint density at radius 1 is 0.824 bits per heavy atom. The van der Waals surface area contributed by atoms with Crippen molar-refractivity contribution in [2.75, 3.05) is 0 Å². The van der Waals surface area contributed by atoms with E-state index in [1.165, 1.54) is 0 Å². The van der Waals surface area contributed by atoms with Crippen LogP contribution in [-0.4, -0.2) is 0 Å². The normalized spacial score (nSPS) is 12.5. The minimum Gasteiger partial charge on any atom is -0.320 e. The second-order valence-corrected chi connectivity index (χ2v) is 4.98. The van der Waals surface area contributed by atoms with Gasteiger partial charge in [0.05, 0.1) is 6.04 Å². The third-order valence-electron chi connectivity index (χ3n) is 2.52. The van der Waals surface area contributed by atoms with Gasteiger partial charge in [-0.3, -0.25) is 0 Å². The predicted octanol–water partition coefficient (Wildman–Crippen LogP) is 4.69. The summed E-state index contributed by atoms with van der Waals surface area (Å²) in [6.07, 6.45) is 0. The van der Waals surface area contributed by atoms with Gasteiger partial charge in [0.15, 0.2) is 0 Å². The highest BCUT2D eigenvalue weighted by Gasteiger charge is 2.12. The van der Waals surface area contributed by atoms with Gasteiger partial charge < -0.3 is 5.73 Å². The van der Waals surface area contributed by atoms with E-state index in [4.69, 9.17) is 40.5 Å². The third-order valence-corrected chi connectivity index (χ3v) is 3.35. The quantitative estimate of drug-likeness (QED) is 0.851. The highest BCUT2D eigenvalue weighted by Crippen LogP contribution is 2.29. The first-order chi connectivity index (χ1) is 8.08. The van der Waals surface area contributed by atoms with Crippen molar-refractivity contribution >= 4 is 34.8 Å². The lowest BCUT2D eigenvalue weighted by atomic mass is 10.00. The number of hydrogen-bond donors (Lipinski definition) is 1. The number of benzene rings is 2. The van der Waals surface area contributed by atoms with E-state index in [1.807, 2.05) is 12.1 Å². The van der Waals surface area contributed by atoms with Crippen LogP contribution in [0.1, 0.15) is 17.2 Å². The maximum Gasteiger partial charge on any atom is 0.0566 e. The molecule has 0 aliphatic rings. The van der Waals surface area contributed by atoms with Crippen LogP contribution >= 0.6 is 34.8 Å². The number of halogens is 3. The molecule has 2 N–H and O–H groups in total. The molecule has 17 heavy (non-hydrogen) atoms. The molecule has 1 atom stereocenters. The van der Waals surface area contributed by atoms with Crippen molar-refractivity contribution in [3.8, 4) is 0 Å². The fraction of sp³-hybridized carbons (Fsp3) is 0.0769. The highest BCUT2D eigenvalue weighted by molar-refractivity contribution is 6.33. The molecule has 88 valence electrons. The van der Waals surface area contributed by atoms with Crippen molar-refractivity contribution < 1.29 is 0 Å². The topological polar surface area (TPSA) is 26.0 Å². The molecule has 0 saturated carbocycles. The van der Waals surface area contributed by atoms with E-state index < -0.39 is 0 Å². The summed E-state index contributed by atoms with van der Waals surface area (Å²) in [7, 11) is 0. The zero-order chi connectivity index (χ0) is 12.4. The molecule has 1 unspecified atom stereocenters. The molecule has 0 fully saturated rings. The monoisotopic (exact) mass is 285 g/mol. The van der Waals surface area contributed by atoms with Crippen LogP contribution < -0.4 is 5.73 Å². The zero-order valence-electron chi connectivity index (χ0n) is 8.83. The van der Waals surface area contributed by atoms with Crippen molar-refractivity contribution in [2.45, 2.75) is 6.04 Å². The van der Waals surface area contributed by atoms with Crippen LogP contribution in [0.3, 0.4) is 0 Å². The van der Waals surface area contributed by atoms with Crippen LogP contribution in [0, 0.1) is 0 Å². The molecule has 0 radical (unpaired) electrons. The Hall–Kier alpha value is -0.730. The van der Waals surface area contributed by atoms with E-state index in [1.54, 1.807) is 30.3 Å². The lowest BCUT2D eigenvalue weighted by molar-refractivity contribution is 0.872. The van der Waals surface area contributed by atoms with E-state index >= 15 is 0 Å². The maximum absolute atomic E-state index is 6.15. The molecular weight excluding hydrogens is 277 g/mol. The molecule has 0 heterocycles. The smallest absolute Gasteiger partial charge is 0.0566 e. The second kappa shape index (κ2) is 5.28. The van der Waals surface area contributed by atoms with Crippen molar-refractivity contribution in [1.82, 2.24) is 0 Å². The number of rotatable bonds is 2. The minimum absolute atomic E-state index is 0.307. The van der Waals surface area contributed by atoms with Crippen LogP contribution in [0.25, 0.3) is 0 Å². The van der Waals surface area contributed by atoms with E-state index in [0.29, 0.717) is 15.1 Å². The van der Waals surface area contributed by atoms with Crippen molar-refractivity contribution in [3.05, 3.63) is 68.7 Å². The standard InChI is InChI=1S/C13H10Cl3N/c14-9-3-1-8(2-4-9)13(17)11-7-10(15)5-6-12(11)16/h1-7,13H,17H2. The van der Waals surface area contributed by atoms with Gasteiger partial charge in [-0.05, 0) is 41.5 Å². The van der Waals surface area contributed by atoms with Gasteiger partial charge in [-0.25, -0.2) is 0 Å². The second-order valence-electron chi connectivity index (χ2n) is 3.70. The Kier molecular flexibility index (Phi) is 3.95. The summed E-state index contributed by atoms with van der Waals surface area (Å²) in [4.78, 5) is 0. The predicted molar refractivity (Wildman–Crippen MR) is 73.9 cm³/mol. The van der Waals surface area contributed by atoms with Gasteiger partial charge in [0.1, 0.15) is 0 Å². The summed E-state index contributed by atoms with van der Waals surface area (Å²) in [6.45, 7) is 0. The summed E-state index contributed by atoms with van der Waals surface area (Å²) < 4.78 is 0. The van der Waals surface area contributed by atoms with Crippen LogP contribution in [0.15, 0.2) is 42.5 Å². The van der Waals surface area contributed by atoms with Gasteiger partial charge in [-0.2, -0.15) is 0 Å². The molecule has 0 aliphatic heterocycles. The molecule has 2 aromatic carbocycles. The molecule has 2 aromatic rings. The Bertz CT molecular complexity index is 523. The van der Waals surface area contributed by atoms with Crippen LogP contribution in [0.2, 0.25) is 15.1 Å². The van der Waals surface area contributed by atoms with Gasteiger partial charge in [-0.15, -0.1) is 0 Å². The van der Waals surface area contributed by atoms with E-state index in [-0.39, 0.29) is 6.04 Å². The average molecular weight is 287 g/mol. The summed E-state index contributed by atoms with van der Waals surface area (Å²) in [6, 6.07) is 12.3. The first-order valence-corrected chi connectivity index (χ1v) is 6.17. The molecule has 0 aromatic heterocycles. The molecule has 0 saturated heterocycles. The summed E-state index contributed by atoms with van der Waals surface area (Å²) in [5, 5.41) is 1.91. The fourth-order valence-corrected chi connectivity index (χ4v) is 2.14. The Morgan fingerprint density at radius 3 is 2.06 bits per heavy atom. The molecule has 0 spiro atoms. The molecule has 1 nitrogen and oxygen atoms in total. The molecule has 4 heteroatoms. The highest BCUT2D eigenvalue weighted by atomic mass is 35.5. The first kappa shape index (κ1) is 12.7. The van der Waals surface area contributed by atoms with Crippen molar-refractivity contribution in [1.29, 1.82) is 0 Å². The van der Waals surface area contributed by atoms with Gasteiger partial charge >= 0.3 is 0 Å². The Morgan fingerprint density at radius 2 is 1.41 bits per heavy atom. The van der Waals surface area contributed by atoms with Crippen molar-refractivity contribution in [3.63, 3.8) is 0 Å². The molecule has 0 amide bonds. The Balaban J connectivity index is 2.39. The van der Waals surface area contributed by atoms with Gasteiger partial charge in [0, 0.05) is 15.1 Å². The van der Waals surface area contributed by atoms with Crippen LogP contribution in [0.5, 0.6) is 0 Å². The lowest BCUT2D eigenvalue weighted by Gasteiger charge is -2.14. The fourth-order valence-electron chi connectivity index (χ4n) is 1.60. The number of nitrogens with two attached hydrogens (primary N) is 1. The molecule has 0 aliphatic carbocycles. The maximum atomic E-state index is 6.15. The average Bonchev–Trinajstić information content (AvgIpc) is 2.32. The summed E-state index contributed by atoms with van der Waals surface area (Å²) >= 11 is 17.9. The van der Waals surface area contributed by atoms with Crippen LogP contribution in [0.4, 0.5) is 0 Å². The number of hydrogen-bond acceptors (Lipinski definition) is 1. The van der Waals surface area contributed by atoms with Crippen LogP contribution in [-0.2, 0) is 0 Å². The molecule has 2 rings (SSSR count). The van der Waals surface area contributed by atoms with Gasteiger partial charge in [0.2, 0.25) is 0 Å². The largest absolute Gasteiger partial charge is 0.320 e. The van der Waals surface area contributed by atoms with E-state index in [0.717, 1.165) is 11.1 Å². The summed E-state index contributed by atoms with van der Waals surface area (Å²) in [5.41, 5.74) is 7.90. The zero-order valence-corrected chi connectivity index (χ0v) is 11.1. The van der Waals surface area contributed by atoms with Gasteiger partial charge in [0.25, 0.3) is 0 Å². The molecular formula is C13H10Cl3N. The lowest BCUT2D eigenvalue weighted by Crippen LogP contribution is -2.12. The SMILES string of the molecule is NC(c1ccc(Cl)cc1)c1cc(Cl)ccc1Cl. The third kappa shape index (κ3) is 2.93.